The van der Waals surface area contributed by atoms with Crippen LogP contribution in [0.25, 0.3) is 11.1 Å². The van der Waals surface area contributed by atoms with Crippen molar-refractivity contribution in [3.05, 3.63) is 52.2 Å². The minimum absolute atomic E-state index is 0.666. The fourth-order valence-corrected chi connectivity index (χ4v) is 1.80. The quantitative estimate of drug-likeness (QED) is 0.708. The number of benzene rings is 1. The van der Waals surface area contributed by atoms with E-state index in [1.54, 1.807) is 6.20 Å². The van der Waals surface area contributed by atoms with Crippen molar-refractivity contribution in [1.29, 1.82) is 0 Å². The van der Waals surface area contributed by atoms with Crippen LogP contribution in [0.1, 0.15) is 0 Å². The molecule has 70 valence electrons. The molecule has 1 aromatic carbocycles. The van der Waals surface area contributed by atoms with Crippen molar-refractivity contribution in [3.8, 4) is 11.1 Å². The summed E-state index contributed by atoms with van der Waals surface area (Å²) in [6, 6.07) is 11.9. The summed E-state index contributed by atoms with van der Waals surface area (Å²) in [5, 5.41) is 0.666. The second kappa shape index (κ2) is 4.11. The van der Waals surface area contributed by atoms with Gasteiger partial charge in [-0.3, -0.25) is 0 Å². The second-order valence-corrected chi connectivity index (χ2v) is 4.07. The Bertz CT molecular complexity index is 442. The zero-order chi connectivity index (χ0) is 9.97. The molecule has 2 aromatic rings. The maximum atomic E-state index is 6.05. The highest BCUT2D eigenvalue weighted by Gasteiger charge is 2.03. The summed E-state index contributed by atoms with van der Waals surface area (Å²) >= 11 is 9.37. The Hall–Kier alpha value is -0.860. The molecule has 0 aliphatic carbocycles. The van der Waals surface area contributed by atoms with Crippen LogP contribution in [0.2, 0.25) is 5.02 Å². The van der Waals surface area contributed by atoms with E-state index in [0.29, 0.717) is 5.02 Å². The molecule has 0 spiro atoms. The largest absolute Gasteiger partial charge is 0.248 e. The Kier molecular flexibility index (Phi) is 2.85. The van der Waals surface area contributed by atoms with Gasteiger partial charge in [0.05, 0.1) is 5.02 Å². The fourth-order valence-electron chi connectivity index (χ4n) is 1.25. The van der Waals surface area contributed by atoms with Crippen molar-refractivity contribution >= 4 is 27.5 Å². The van der Waals surface area contributed by atoms with Gasteiger partial charge in [-0.2, -0.15) is 0 Å². The molecule has 1 nitrogen and oxygen atoms in total. The van der Waals surface area contributed by atoms with Crippen molar-refractivity contribution in [1.82, 2.24) is 4.98 Å². The van der Waals surface area contributed by atoms with Gasteiger partial charge in [-0.25, -0.2) is 4.98 Å². The van der Waals surface area contributed by atoms with E-state index in [1.807, 2.05) is 36.4 Å². The zero-order valence-corrected chi connectivity index (χ0v) is 9.59. The van der Waals surface area contributed by atoms with Gasteiger partial charge >= 0.3 is 0 Å². The molecule has 0 aliphatic heterocycles. The lowest BCUT2D eigenvalue weighted by Crippen LogP contribution is -1.82. The van der Waals surface area contributed by atoms with Crippen LogP contribution < -0.4 is 0 Å². The van der Waals surface area contributed by atoms with Crippen LogP contribution in [0.3, 0.4) is 0 Å². The molecule has 0 bridgehead atoms. The first-order valence-corrected chi connectivity index (χ1v) is 5.31. The number of aromatic nitrogens is 1. The molecule has 14 heavy (non-hydrogen) atoms. The predicted molar refractivity (Wildman–Crippen MR) is 62.4 cm³/mol. The third kappa shape index (κ3) is 1.97. The molecule has 0 unspecified atom stereocenters. The summed E-state index contributed by atoms with van der Waals surface area (Å²) in [5.41, 5.74) is 2.09. The normalized spacial score (nSPS) is 10.1. The molecule has 0 radical (unpaired) electrons. The molecule has 3 heteroatoms. The van der Waals surface area contributed by atoms with Crippen molar-refractivity contribution in [2.45, 2.75) is 0 Å². The Labute approximate surface area is 95.9 Å². The Balaban J connectivity index is 2.57. The first-order valence-electron chi connectivity index (χ1n) is 4.14. The van der Waals surface area contributed by atoms with Gasteiger partial charge in [0.15, 0.2) is 0 Å². The van der Waals surface area contributed by atoms with Crippen LogP contribution in [0.5, 0.6) is 0 Å². The van der Waals surface area contributed by atoms with E-state index in [-0.39, 0.29) is 0 Å². The Morgan fingerprint density at radius 1 is 1.14 bits per heavy atom. The van der Waals surface area contributed by atoms with Crippen LogP contribution >= 0.6 is 27.5 Å². The van der Waals surface area contributed by atoms with Gasteiger partial charge in [-0.05, 0) is 27.6 Å². The molecule has 0 saturated heterocycles. The summed E-state index contributed by atoms with van der Waals surface area (Å²) in [6.45, 7) is 0. The van der Waals surface area contributed by atoms with E-state index in [2.05, 4.69) is 20.9 Å². The lowest BCUT2D eigenvalue weighted by molar-refractivity contribution is 1.28. The molecule has 1 heterocycles. The number of hydrogen-bond donors (Lipinski definition) is 0. The Morgan fingerprint density at radius 2 is 1.86 bits per heavy atom. The maximum Gasteiger partial charge on any atom is 0.106 e. The standard InChI is InChI=1S/C11H7BrClN/c12-11-6-9(10(13)7-14-11)8-4-2-1-3-5-8/h1-7H. The van der Waals surface area contributed by atoms with Crippen molar-refractivity contribution in [2.75, 3.05) is 0 Å². The summed E-state index contributed by atoms with van der Waals surface area (Å²) in [6.07, 6.45) is 1.65. The highest BCUT2D eigenvalue weighted by atomic mass is 79.9. The second-order valence-electron chi connectivity index (χ2n) is 2.85. The van der Waals surface area contributed by atoms with Crippen molar-refractivity contribution in [3.63, 3.8) is 0 Å². The van der Waals surface area contributed by atoms with Crippen LogP contribution in [0.15, 0.2) is 47.2 Å². The van der Waals surface area contributed by atoms with Gasteiger partial charge in [-0.1, -0.05) is 41.9 Å². The molecular weight excluding hydrogens is 261 g/mol. The molecular formula is C11H7BrClN. The summed E-state index contributed by atoms with van der Waals surface area (Å²) < 4.78 is 0.792. The molecule has 0 fully saturated rings. The fraction of sp³-hybridized carbons (Fsp3) is 0. The maximum absolute atomic E-state index is 6.05. The van der Waals surface area contributed by atoms with Gasteiger partial charge in [-0.15, -0.1) is 0 Å². The number of nitrogens with zero attached hydrogens (tertiary/aromatic N) is 1. The SMILES string of the molecule is Clc1cnc(Br)cc1-c1ccccc1. The summed E-state index contributed by atoms with van der Waals surface area (Å²) in [4.78, 5) is 4.05. The number of rotatable bonds is 1. The topological polar surface area (TPSA) is 12.9 Å². The molecule has 0 N–H and O–H groups in total. The Morgan fingerprint density at radius 3 is 2.57 bits per heavy atom. The summed E-state index contributed by atoms with van der Waals surface area (Å²) in [7, 11) is 0. The van der Waals surface area contributed by atoms with Crippen LogP contribution in [0.4, 0.5) is 0 Å². The van der Waals surface area contributed by atoms with Crippen LogP contribution in [-0.4, -0.2) is 4.98 Å². The first kappa shape index (κ1) is 9.69. The third-order valence-electron chi connectivity index (χ3n) is 1.91. The highest BCUT2D eigenvalue weighted by Crippen LogP contribution is 2.28. The minimum Gasteiger partial charge on any atom is -0.248 e. The average Bonchev–Trinajstić information content (AvgIpc) is 2.23. The molecule has 0 saturated carbocycles. The summed E-state index contributed by atoms with van der Waals surface area (Å²) in [5.74, 6) is 0. The number of pyridine rings is 1. The minimum atomic E-state index is 0.666. The first-order chi connectivity index (χ1) is 6.77. The van der Waals surface area contributed by atoms with E-state index < -0.39 is 0 Å². The molecule has 2 rings (SSSR count). The third-order valence-corrected chi connectivity index (χ3v) is 2.64. The van der Waals surface area contributed by atoms with Crippen molar-refractivity contribution < 1.29 is 0 Å². The van der Waals surface area contributed by atoms with Gasteiger partial charge < -0.3 is 0 Å². The van der Waals surface area contributed by atoms with Crippen LogP contribution in [0, 0.1) is 0 Å². The molecule has 1 aromatic heterocycles. The van der Waals surface area contributed by atoms with E-state index >= 15 is 0 Å². The highest BCUT2D eigenvalue weighted by molar-refractivity contribution is 9.10. The van der Waals surface area contributed by atoms with Gasteiger partial charge in [0.2, 0.25) is 0 Å². The molecule has 0 amide bonds. The van der Waals surface area contributed by atoms with Gasteiger partial charge in [0.1, 0.15) is 4.60 Å². The van der Waals surface area contributed by atoms with E-state index in [1.165, 1.54) is 0 Å². The molecule has 0 aliphatic rings. The zero-order valence-electron chi connectivity index (χ0n) is 7.24. The monoisotopic (exact) mass is 267 g/mol. The smallest absolute Gasteiger partial charge is 0.106 e. The van der Waals surface area contributed by atoms with E-state index in [0.717, 1.165) is 15.7 Å². The lowest BCUT2D eigenvalue weighted by atomic mass is 10.1. The number of halogens is 2. The van der Waals surface area contributed by atoms with Crippen LogP contribution in [-0.2, 0) is 0 Å². The van der Waals surface area contributed by atoms with E-state index in [9.17, 15) is 0 Å². The molecule has 0 atom stereocenters. The van der Waals surface area contributed by atoms with Crippen molar-refractivity contribution in [2.24, 2.45) is 0 Å². The lowest BCUT2D eigenvalue weighted by Gasteiger charge is -2.03. The average molecular weight is 269 g/mol. The van der Waals surface area contributed by atoms with E-state index in [4.69, 9.17) is 11.6 Å². The van der Waals surface area contributed by atoms with Gasteiger partial charge in [0.25, 0.3) is 0 Å². The van der Waals surface area contributed by atoms with Gasteiger partial charge in [0, 0.05) is 11.8 Å². The number of hydrogen-bond acceptors (Lipinski definition) is 1. The predicted octanol–water partition coefficient (Wildman–Crippen LogP) is 4.16.